The minimum absolute atomic E-state index is 0.00109. The summed E-state index contributed by atoms with van der Waals surface area (Å²) in [7, 11) is -7.73. The van der Waals surface area contributed by atoms with Gasteiger partial charge in [-0.15, -0.1) is 13.2 Å². The number of nitrogens with one attached hydrogen (secondary N) is 2. The first-order chi connectivity index (χ1) is 39.8. The third-order valence-corrected chi connectivity index (χ3v) is 17.2. The van der Waals surface area contributed by atoms with Gasteiger partial charge in [0.05, 0.1) is 77.7 Å². The van der Waals surface area contributed by atoms with Gasteiger partial charge < -0.3 is 50.1 Å². The molecule has 0 aromatic rings. The van der Waals surface area contributed by atoms with Crippen molar-refractivity contribution in [3.63, 3.8) is 0 Å². The van der Waals surface area contributed by atoms with E-state index in [1.165, 1.54) is 102 Å². The van der Waals surface area contributed by atoms with E-state index in [0.717, 1.165) is 96.3 Å². The zero-order valence-corrected chi connectivity index (χ0v) is 54.2. The van der Waals surface area contributed by atoms with Crippen LogP contribution in [0, 0.1) is 0 Å². The van der Waals surface area contributed by atoms with Crippen molar-refractivity contribution in [2.24, 2.45) is 11.5 Å². The summed E-state index contributed by atoms with van der Waals surface area (Å²) in [5, 5.41) is 5.22. The van der Waals surface area contributed by atoms with E-state index in [9.17, 15) is 23.5 Å². The molecule has 0 radical (unpaired) electrons. The maximum absolute atomic E-state index is 13.6. The second-order valence-electron chi connectivity index (χ2n) is 21.9. The summed E-state index contributed by atoms with van der Waals surface area (Å²) in [6.45, 7) is 16.3. The quantitative estimate of drug-likeness (QED) is 0.0191. The Labute approximate surface area is 499 Å². The van der Waals surface area contributed by atoms with Crippen LogP contribution in [-0.4, -0.2) is 121 Å². The topological polar surface area (TPSA) is 245 Å². The zero-order chi connectivity index (χ0) is 60.5. The molecule has 0 saturated carbocycles. The number of amides is 2. The first-order valence-electron chi connectivity index (χ1n) is 32.5. The highest BCUT2D eigenvalue weighted by atomic mass is 31.2. The van der Waals surface area contributed by atoms with Gasteiger partial charge in [0.15, 0.2) is 0 Å². The number of phosphoric acid groups is 1. The van der Waals surface area contributed by atoms with Gasteiger partial charge in [0.1, 0.15) is 12.2 Å². The van der Waals surface area contributed by atoms with Crippen molar-refractivity contribution in [3.8, 4) is 0 Å². The van der Waals surface area contributed by atoms with Crippen LogP contribution in [0.4, 0.5) is 4.79 Å². The van der Waals surface area contributed by atoms with Crippen molar-refractivity contribution in [3.05, 3.63) is 25.3 Å². The van der Waals surface area contributed by atoms with Crippen LogP contribution in [0.5, 0.6) is 0 Å². The maximum atomic E-state index is 13.6. The van der Waals surface area contributed by atoms with Crippen LogP contribution >= 0.6 is 15.4 Å². The molecule has 0 aromatic carbocycles. The van der Waals surface area contributed by atoms with Crippen molar-refractivity contribution in [2.75, 3.05) is 78.7 Å². The van der Waals surface area contributed by atoms with Crippen molar-refractivity contribution >= 4 is 33.4 Å². The molecule has 0 saturated heterocycles. The van der Waals surface area contributed by atoms with E-state index in [4.69, 9.17) is 53.0 Å². The second kappa shape index (κ2) is 57.8. The summed E-state index contributed by atoms with van der Waals surface area (Å²) >= 11 is 0. The molecule has 2 amide bonds. The Morgan fingerprint density at radius 1 is 0.451 bits per heavy atom. The Kier molecular flexibility index (Phi) is 56.3. The van der Waals surface area contributed by atoms with Crippen LogP contribution < -0.4 is 22.1 Å². The number of allylic oxidation sites excluding steroid dienone is 1. The smallest absolute Gasteiger partial charge is 0.462 e. The van der Waals surface area contributed by atoms with Crippen LogP contribution in [0.2, 0.25) is 0 Å². The number of rotatable bonds is 64. The Morgan fingerprint density at radius 2 is 0.841 bits per heavy atom. The Hall–Kier alpha value is -2.21. The van der Waals surface area contributed by atoms with E-state index in [-0.39, 0.29) is 89.6 Å². The number of phosphoric ester groups is 1. The molecule has 484 valence electrons. The number of nitrogens with two attached hydrogens (primary N) is 2. The Balaban J connectivity index is 4.79. The molecule has 0 aliphatic carbocycles. The molecule has 0 fully saturated rings. The summed E-state index contributed by atoms with van der Waals surface area (Å²) in [5.74, 6) is -0.300. The Bertz CT molecular complexity index is 1510. The number of carbonyl (C=O) groups excluding carboxylic acids is 3. The first kappa shape index (κ1) is 79.8. The predicted molar refractivity (Wildman–Crippen MR) is 333 cm³/mol. The third-order valence-electron chi connectivity index (χ3n) is 13.9. The molecule has 6 atom stereocenters. The SMILES string of the molecule is C=CCCP(=O)(OCCNC(=O)NCCOP(=O)(OCC=C)OC[C@H](N)COCC[C@@H](CCCCCCC)OC(=O)CCCCCCCCCCC)OC[C@H](N)COCC[C@@H](CCCCCCC)OC(=O)CCCCCCCCCCC. The van der Waals surface area contributed by atoms with Crippen molar-refractivity contribution < 1.29 is 65.1 Å². The number of ether oxygens (including phenoxy) is 4. The molecule has 6 N–H and O–H groups in total. The standard InChI is InChI=1S/C62H122N4O14P2/c1-7-13-18-22-24-26-28-32-36-40-60(67)79-58(38-34-30-20-15-9-3)42-47-72-52-56(63)54-77-81(70,51-17-11-5)74-49-44-65-62(69)66-45-50-76-82(71,75-46-12-6)78-55-57(64)53-73-48-43-59(39-35-31-21-16-10-4)80-61(68)41-37-33-29-27-25-23-19-14-8-2/h11-12,56-59H,5-10,13-55,63-64H2,1-4H3,(H2,65,66,69)/t56-,57-,58-,59-,81?,82?/m1/s1. The fourth-order valence-corrected chi connectivity index (χ4v) is 11.7. The highest BCUT2D eigenvalue weighted by molar-refractivity contribution is 7.53. The van der Waals surface area contributed by atoms with E-state index in [1.54, 1.807) is 6.08 Å². The van der Waals surface area contributed by atoms with Gasteiger partial charge in [-0.2, -0.15) is 0 Å². The van der Waals surface area contributed by atoms with Gasteiger partial charge in [-0.25, -0.2) is 9.36 Å². The van der Waals surface area contributed by atoms with Crippen LogP contribution in [0.3, 0.4) is 0 Å². The lowest BCUT2D eigenvalue weighted by Crippen LogP contribution is -2.38. The number of urea groups is 1. The average molecular weight is 1210 g/mol. The molecule has 0 heterocycles. The van der Waals surface area contributed by atoms with E-state index in [1.807, 2.05) is 0 Å². The summed E-state index contributed by atoms with van der Waals surface area (Å²) in [5.41, 5.74) is 12.6. The van der Waals surface area contributed by atoms with Gasteiger partial charge in [-0.3, -0.25) is 27.7 Å². The van der Waals surface area contributed by atoms with Gasteiger partial charge >= 0.3 is 33.4 Å². The number of hydrogen-bond acceptors (Lipinski definition) is 16. The summed E-state index contributed by atoms with van der Waals surface area (Å²) < 4.78 is 78.4. The van der Waals surface area contributed by atoms with E-state index in [0.29, 0.717) is 45.3 Å². The first-order valence-corrected chi connectivity index (χ1v) is 35.7. The number of carbonyl (C=O) groups is 3. The third kappa shape index (κ3) is 52.1. The molecule has 0 rings (SSSR count). The van der Waals surface area contributed by atoms with E-state index in [2.05, 4.69) is 51.5 Å². The summed E-state index contributed by atoms with van der Waals surface area (Å²) in [6, 6.07) is -1.83. The van der Waals surface area contributed by atoms with Gasteiger partial charge in [0.2, 0.25) is 0 Å². The lowest BCUT2D eigenvalue weighted by atomic mass is 10.1. The minimum atomic E-state index is -4.11. The van der Waals surface area contributed by atoms with Crippen molar-refractivity contribution in [1.82, 2.24) is 10.6 Å². The summed E-state index contributed by atoms with van der Waals surface area (Å²) in [6.07, 6.45) is 39.1. The molecule has 0 aliphatic heterocycles. The van der Waals surface area contributed by atoms with E-state index >= 15 is 0 Å². The van der Waals surface area contributed by atoms with Gasteiger partial charge in [0, 0.05) is 38.8 Å². The predicted octanol–water partition coefficient (Wildman–Crippen LogP) is 15.3. The lowest BCUT2D eigenvalue weighted by Gasteiger charge is -2.21. The number of unbranched alkanes of at least 4 members (excludes halogenated alkanes) is 24. The fraction of sp³-hybridized carbons (Fsp3) is 0.887. The largest absolute Gasteiger partial charge is 0.475 e. The Morgan fingerprint density at radius 3 is 1.26 bits per heavy atom. The normalized spacial score (nSPS) is 14.5. The molecule has 20 heteroatoms. The van der Waals surface area contributed by atoms with Crippen LogP contribution in [0.15, 0.2) is 25.3 Å². The molecule has 0 aliphatic rings. The second-order valence-corrected chi connectivity index (χ2v) is 25.8. The van der Waals surface area contributed by atoms with Gasteiger partial charge in [-0.05, 0) is 44.9 Å². The van der Waals surface area contributed by atoms with Gasteiger partial charge in [-0.1, -0.05) is 194 Å². The molecule has 18 nitrogen and oxygen atoms in total. The molecule has 0 bridgehead atoms. The van der Waals surface area contributed by atoms with Crippen LogP contribution in [0.25, 0.3) is 0 Å². The number of esters is 2. The number of hydrogen-bond donors (Lipinski definition) is 4. The average Bonchev–Trinajstić information content (AvgIpc) is 3.51. The molecular formula is C62H122N4O14P2. The molecule has 2 unspecified atom stereocenters. The molecule has 82 heavy (non-hydrogen) atoms. The van der Waals surface area contributed by atoms with Gasteiger partial charge in [0.25, 0.3) is 0 Å². The highest BCUT2D eigenvalue weighted by Crippen LogP contribution is 2.50. The molecule has 0 spiro atoms. The zero-order valence-electron chi connectivity index (χ0n) is 52.4. The highest BCUT2D eigenvalue weighted by Gasteiger charge is 2.28. The monoisotopic (exact) mass is 1210 g/mol. The van der Waals surface area contributed by atoms with Crippen LogP contribution in [-0.2, 0) is 60.3 Å². The molecular weight excluding hydrogens is 1090 g/mol. The van der Waals surface area contributed by atoms with Crippen LogP contribution in [0.1, 0.15) is 252 Å². The van der Waals surface area contributed by atoms with E-state index < -0.39 is 33.5 Å². The molecule has 0 aromatic heterocycles. The fourth-order valence-electron chi connectivity index (χ4n) is 8.92. The van der Waals surface area contributed by atoms with Crippen molar-refractivity contribution in [1.29, 1.82) is 0 Å². The summed E-state index contributed by atoms with van der Waals surface area (Å²) in [4.78, 5) is 38.1. The van der Waals surface area contributed by atoms with Crippen molar-refractivity contribution in [2.45, 2.75) is 277 Å². The lowest BCUT2D eigenvalue weighted by molar-refractivity contribution is -0.151. The maximum Gasteiger partial charge on any atom is 0.475 e. The minimum Gasteiger partial charge on any atom is -0.462 e.